The van der Waals surface area contributed by atoms with E-state index in [0.717, 1.165) is 12.1 Å². The van der Waals surface area contributed by atoms with Gasteiger partial charge in [-0.3, -0.25) is 4.79 Å². The fourth-order valence-electron chi connectivity index (χ4n) is 2.07. The molecule has 0 saturated carbocycles. The van der Waals surface area contributed by atoms with E-state index < -0.39 is 6.04 Å². The van der Waals surface area contributed by atoms with Crippen LogP contribution in [0.5, 0.6) is 0 Å². The molecule has 0 aliphatic carbocycles. The number of amides is 1. The Morgan fingerprint density at radius 1 is 1.14 bits per heavy atom. The summed E-state index contributed by atoms with van der Waals surface area (Å²) in [5.41, 5.74) is 3.15. The van der Waals surface area contributed by atoms with E-state index in [2.05, 4.69) is 17.6 Å². The predicted octanol–water partition coefficient (Wildman–Crippen LogP) is 4.14. The van der Waals surface area contributed by atoms with Gasteiger partial charge in [-0.2, -0.15) is 0 Å². The lowest BCUT2D eigenvalue weighted by atomic mass is 10.1. The van der Waals surface area contributed by atoms with Gasteiger partial charge >= 0.3 is 0 Å². The minimum atomic E-state index is -0.420. The molecule has 2 aromatic carbocycles. The first-order chi connectivity index (χ1) is 10.5. The van der Waals surface area contributed by atoms with Crippen LogP contribution >= 0.6 is 0 Å². The Morgan fingerprint density at radius 3 is 2.36 bits per heavy atom. The number of hydrogen-bond acceptors (Lipinski definition) is 2. The van der Waals surface area contributed by atoms with Crippen molar-refractivity contribution in [1.82, 2.24) is 0 Å². The highest BCUT2D eigenvalue weighted by atomic mass is 19.1. The summed E-state index contributed by atoms with van der Waals surface area (Å²) < 4.78 is 13.5. The van der Waals surface area contributed by atoms with Gasteiger partial charge < -0.3 is 10.6 Å². The maximum Gasteiger partial charge on any atom is 0.246 e. The summed E-state index contributed by atoms with van der Waals surface area (Å²) in [7, 11) is 0. The van der Waals surface area contributed by atoms with Gasteiger partial charge in [-0.15, -0.1) is 0 Å². The molecule has 2 N–H and O–H groups in total. The number of benzene rings is 2. The maximum atomic E-state index is 13.5. The Labute approximate surface area is 130 Å². The van der Waals surface area contributed by atoms with Crippen LogP contribution in [0.1, 0.15) is 25.0 Å². The molecular weight excluding hydrogens is 279 g/mol. The highest BCUT2D eigenvalue weighted by molar-refractivity contribution is 5.96. The Balaban J connectivity index is 1.97. The summed E-state index contributed by atoms with van der Waals surface area (Å²) in [4.78, 5) is 12.1. The SMILES string of the molecule is CCc1ccc(NC(C)C(=O)Nc2ccc(C)c(F)c2)cc1. The lowest BCUT2D eigenvalue weighted by molar-refractivity contribution is -0.116. The second-order valence-corrected chi connectivity index (χ2v) is 5.37. The number of aryl methyl sites for hydroxylation is 2. The van der Waals surface area contributed by atoms with Gasteiger partial charge in [0.2, 0.25) is 5.91 Å². The molecule has 0 saturated heterocycles. The van der Waals surface area contributed by atoms with Crippen molar-refractivity contribution in [3.8, 4) is 0 Å². The molecular formula is C18H21FN2O. The van der Waals surface area contributed by atoms with Crippen LogP contribution in [0.15, 0.2) is 42.5 Å². The van der Waals surface area contributed by atoms with Crippen LogP contribution in [0, 0.1) is 12.7 Å². The Bertz CT molecular complexity index is 653. The number of nitrogens with one attached hydrogen (secondary N) is 2. The van der Waals surface area contributed by atoms with E-state index in [1.807, 2.05) is 24.3 Å². The van der Waals surface area contributed by atoms with Crippen molar-refractivity contribution in [2.75, 3.05) is 10.6 Å². The van der Waals surface area contributed by atoms with E-state index >= 15 is 0 Å². The van der Waals surface area contributed by atoms with Crippen molar-refractivity contribution >= 4 is 17.3 Å². The van der Waals surface area contributed by atoms with Crippen molar-refractivity contribution in [3.63, 3.8) is 0 Å². The lowest BCUT2D eigenvalue weighted by Crippen LogP contribution is -2.31. The average Bonchev–Trinajstić information content (AvgIpc) is 2.51. The molecule has 0 spiro atoms. The molecule has 0 aliphatic heterocycles. The first-order valence-corrected chi connectivity index (χ1v) is 7.42. The number of hydrogen-bond donors (Lipinski definition) is 2. The second-order valence-electron chi connectivity index (χ2n) is 5.37. The highest BCUT2D eigenvalue weighted by Crippen LogP contribution is 2.15. The Hall–Kier alpha value is -2.36. The van der Waals surface area contributed by atoms with Crippen LogP contribution < -0.4 is 10.6 Å². The van der Waals surface area contributed by atoms with E-state index in [1.165, 1.54) is 11.6 Å². The number of anilines is 2. The van der Waals surface area contributed by atoms with Gasteiger partial charge in [0, 0.05) is 11.4 Å². The van der Waals surface area contributed by atoms with Gasteiger partial charge in [-0.1, -0.05) is 25.1 Å². The van der Waals surface area contributed by atoms with E-state index in [1.54, 1.807) is 26.0 Å². The van der Waals surface area contributed by atoms with Crippen LogP contribution in [0.4, 0.5) is 15.8 Å². The third-order valence-electron chi connectivity index (χ3n) is 3.58. The largest absolute Gasteiger partial charge is 0.374 e. The fraction of sp³-hybridized carbons (Fsp3) is 0.278. The van der Waals surface area contributed by atoms with Crippen molar-refractivity contribution in [1.29, 1.82) is 0 Å². The van der Waals surface area contributed by atoms with E-state index in [0.29, 0.717) is 11.3 Å². The summed E-state index contributed by atoms with van der Waals surface area (Å²) in [6.45, 7) is 5.55. The Kier molecular flexibility index (Phi) is 5.15. The van der Waals surface area contributed by atoms with Gasteiger partial charge in [0.25, 0.3) is 0 Å². The zero-order valence-electron chi connectivity index (χ0n) is 13.1. The van der Waals surface area contributed by atoms with Crippen LogP contribution in [-0.2, 0) is 11.2 Å². The van der Waals surface area contributed by atoms with Gasteiger partial charge in [-0.05, 0) is 55.7 Å². The van der Waals surface area contributed by atoms with Crippen LogP contribution in [0.25, 0.3) is 0 Å². The van der Waals surface area contributed by atoms with Gasteiger partial charge in [0.1, 0.15) is 11.9 Å². The molecule has 0 aliphatic rings. The Morgan fingerprint density at radius 2 is 1.77 bits per heavy atom. The van der Waals surface area contributed by atoms with Crippen LogP contribution in [0.2, 0.25) is 0 Å². The fourth-order valence-corrected chi connectivity index (χ4v) is 2.07. The number of rotatable bonds is 5. The molecule has 0 radical (unpaired) electrons. The standard InChI is InChI=1S/C18H21FN2O/c1-4-14-6-9-15(10-7-14)20-13(3)18(22)21-16-8-5-12(2)17(19)11-16/h5-11,13,20H,4H2,1-3H3,(H,21,22). The molecule has 2 rings (SSSR count). The van der Waals surface area contributed by atoms with Gasteiger partial charge in [-0.25, -0.2) is 4.39 Å². The zero-order chi connectivity index (χ0) is 16.1. The van der Waals surface area contributed by atoms with Crippen LogP contribution in [0.3, 0.4) is 0 Å². The molecule has 0 fully saturated rings. The first-order valence-electron chi connectivity index (χ1n) is 7.42. The molecule has 1 atom stereocenters. The van der Waals surface area contributed by atoms with Crippen molar-refractivity contribution in [2.24, 2.45) is 0 Å². The van der Waals surface area contributed by atoms with Crippen LogP contribution in [-0.4, -0.2) is 11.9 Å². The van der Waals surface area contributed by atoms with Crippen molar-refractivity contribution in [2.45, 2.75) is 33.2 Å². The van der Waals surface area contributed by atoms with E-state index in [9.17, 15) is 9.18 Å². The summed E-state index contributed by atoms with van der Waals surface area (Å²) in [5, 5.41) is 5.84. The van der Waals surface area contributed by atoms with E-state index in [-0.39, 0.29) is 11.7 Å². The predicted molar refractivity (Wildman–Crippen MR) is 88.7 cm³/mol. The third kappa shape index (κ3) is 4.07. The van der Waals surface area contributed by atoms with E-state index in [4.69, 9.17) is 0 Å². The molecule has 0 aromatic heterocycles. The molecule has 0 heterocycles. The van der Waals surface area contributed by atoms with Crippen molar-refractivity contribution in [3.05, 3.63) is 59.4 Å². The summed E-state index contributed by atoms with van der Waals surface area (Å²) in [5.74, 6) is -0.531. The first kappa shape index (κ1) is 16.0. The zero-order valence-corrected chi connectivity index (χ0v) is 13.1. The summed E-state index contributed by atoms with van der Waals surface area (Å²) in [6, 6.07) is 12.2. The molecule has 1 unspecified atom stereocenters. The average molecular weight is 300 g/mol. The normalized spacial score (nSPS) is 11.8. The molecule has 22 heavy (non-hydrogen) atoms. The minimum Gasteiger partial charge on any atom is -0.374 e. The highest BCUT2D eigenvalue weighted by Gasteiger charge is 2.13. The second kappa shape index (κ2) is 7.07. The lowest BCUT2D eigenvalue weighted by Gasteiger charge is -2.16. The van der Waals surface area contributed by atoms with Crippen molar-refractivity contribution < 1.29 is 9.18 Å². The topological polar surface area (TPSA) is 41.1 Å². The smallest absolute Gasteiger partial charge is 0.246 e. The molecule has 2 aromatic rings. The molecule has 4 heteroatoms. The van der Waals surface area contributed by atoms with Gasteiger partial charge in [0.05, 0.1) is 0 Å². The molecule has 116 valence electrons. The monoisotopic (exact) mass is 300 g/mol. The molecule has 3 nitrogen and oxygen atoms in total. The number of carbonyl (C=O) groups is 1. The third-order valence-corrected chi connectivity index (χ3v) is 3.58. The number of halogens is 1. The maximum absolute atomic E-state index is 13.5. The van der Waals surface area contributed by atoms with Gasteiger partial charge in [0.15, 0.2) is 0 Å². The molecule has 1 amide bonds. The number of carbonyl (C=O) groups excluding carboxylic acids is 1. The minimum absolute atomic E-state index is 0.206. The quantitative estimate of drug-likeness (QED) is 0.871. The summed E-state index contributed by atoms with van der Waals surface area (Å²) in [6.07, 6.45) is 0.981. The molecule has 0 bridgehead atoms. The summed E-state index contributed by atoms with van der Waals surface area (Å²) >= 11 is 0.